The van der Waals surface area contributed by atoms with Gasteiger partial charge in [-0.1, -0.05) is 140 Å². The zero-order chi connectivity index (χ0) is 34.6. The van der Waals surface area contributed by atoms with Crippen LogP contribution < -0.4 is 15.4 Å². The number of benzene rings is 7. The number of rotatable bonds is 4. The number of hydrogen-bond acceptors (Lipinski definition) is 5. The minimum absolute atomic E-state index is 0.191. The van der Waals surface area contributed by atoms with Crippen molar-refractivity contribution >= 4 is 5.84 Å². The van der Waals surface area contributed by atoms with Crippen LogP contribution in [-0.2, 0) is 5.41 Å². The quantitative estimate of drug-likeness (QED) is 0.196. The lowest BCUT2D eigenvalue weighted by atomic mass is 9.66. The molecule has 5 nitrogen and oxygen atoms in total. The molecule has 2 atom stereocenters. The molecule has 0 fully saturated rings. The van der Waals surface area contributed by atoms with E-state index in [0.29, 0.717) is 5.56 Å². The summed E-state index contributed by atoms with van der Waals surface area (Å²) in [7, 11) is 0. The molecule has 0 amide bonds. The second-order valence-electron chi connectivity index (χ2n) is 13.5. The fourth-order valence-corrected chi connectivity index (χ4v) is 8.42. The summed E-state index contributed by atoms with van der Waals surface area (Å²) in [6.45, 7) is 0. The molecule has 0 bridgehead atoms. The summed E-state index contributed by atoms with van der Waals surface area (Å²) >= 11 is 0. The minimum atomic E-state index is -0.554. The van der Waals surface area contributed by atoms with Gasteiger partial charge in [-0.25, -0.2) is 4.99 Å². The molecule has 0 saturated carbocycles. The average molecular weight is 669 g/mol. The number of amidine groups is 1. The van der Waals surface area contributed by atoms with Crippen molar-refractivity contribution in [2.45, 2.75) is 17.7 Å². The second-order valence-corrected chi connectivity index (χ2v) is 13.5. The van der Waals surface area contributed by atoms with Gasteiger partial charge in [-0.15, -0.1) is 0 Å². The van der Waals surface area contributed by atoms with Crippen molar-refractivity contribution in [2.75, 3.05) is 0 Å². The van der Waals surface area contributed by atoms with Crippen LogP contribution in [-0.4, -0.2) is 5.84 Å². The first-order valence-electron chi connectivity index (χ1n) is 17.6. The van der Waals surface area contributed by atoms with Crippen molar-refractivity contribution < 1.29 is 4.74 Å². The molecule has 2 unspecified atom stereocenters. The van der Waals surface area contributed by atoms with Crippen molar-refractivity contribution in [3.8, 4) is 39.8 Å². The molecule has 0 radical (unpaired) electrons. The SMILES string of the molecule is N#Cc1ccc(-c2cccc(C3=NC(c4cccc5c4-c4ccccc4C54c5ccccc5Oc5ccccc54)NC(c4ccccc4)N3)c2)cc1. The first-order chi connectivity index (χ1) is 25.7. The number of fused-ring (bicyclic) bond motifs is 9. The van der Waals surface area contributed by atoms with Crippen LogP contribution in [0.15, 0.2) is 175 Å². The third-order valence-electron chi connectivity index (χ3n) is 10.7. The predicted octanol–water partition coefficient (Wildman–Crippen LogP) is 10.0. The standard InChI is InChI=1S/C47H32N4O/c48-29-30-24-26-31(27-25-30)33-14-10-15-34(28-33)45-49-44(32-12-2-1-3-13-32)50-46(51-45)36-17-11-21-40-43(36)35-16-4-5-18-37(35)47(40)38-19-6-8-22-41(38)52-42-23-9-7-20-39(42)47/h1-28,44,46,50H,(H,49,51). The molecule has 1 spiro atoms. The summed E-state index contributed by atoms with van der Waals surface area (Å²) in [6, 6.07) is 61.3. The van der Waals surface area contributed by atoms with E-state index in [2.05, 4.69) is 144 Å². The van der Waals surface area contributed by atoms with Gasteiger partial charge in [0.1, 0.15) is 29.7 Å². The Hall–Kier alpha value is -6.74. The van der Waals surface area contributed by atoms with E-state index in [4.69, 9.17) is 9.73 Å². The number of hydrogen-bond donors (Lipinski definition) is 2. The van der Waals surface area contributed by atoms with Crippen LogP contribution in [0.3, 0.4) is 0 Å². The number of nitrogens with one attached hydrogen (secondary N) is 2. The van der Waals surface area contributed by atoms with Crippen LogP contribution in [0.25, 0.3) is 22.3 Å². The van der Waals surface area contributed by atoms with Gasteiger partial charge in [0.2, 0.25) is 0 Å². The Morgan fingerprint density at radius 2 is 1.21 bits per heavy atom. The smallest absolute Gasteiger partial charge is 0.132 e. The highest BCUT2D eigenvalue weighted by Crippen LogP contribution is 2.62. The number of nitrogens with zero attached hydrogens (tertiary/aromatic N) is 2. The van der Waals surface area contributed by atoms with E-state index in [-0.39, 0.29) is 12.3 Å². The summed E-state index contributed by atoms with van der Waals surface area (Å²) in [5, 5.41) is 17.0. The molecule has 246 valence electrons. The van der Waals surface area contributed by atoms with Crippen LogP contribution in [0.4, 0.5) is 0 Å². The molecule has 7 aromatic rings. The molecule has 5 heteroatoms. The summed E-state index contributed by atoms with van der Waals surface area (Å²) in [4.78, 5) is 5.46. The largest absolute Gasteiger partial charge is 0.457 e. The predicted molar refractivity (Wildman–Crippen MR) is 205 cm³/mol. The number of aliphatic imine (C=N–C) groups is 1. The summed E-state index contributed by atoms with van der Waals surface area (Å²) in [5.41, 5.74) is 12.6. The van der Waals surface area contributed by atoms with E-state index in [1.807, 2.05) is 42.5 Å². The molecule has 3 aliphatic rings. The topological polar surface area (TPSA) is 69.4 Å². The first kappa shape index (κ1) is 30.1. The van der Waals surface area contributed by atoms with Crippen LogP contribution >= 0.6 is 0 Å². The Bertz CT molecular complexity index is 2540. The van der Waals surface area contributed by atoms with E-state index in [9.17, 15) is 5.26 Å². The lowest BCUT2D eigenvalue weighted by Crippen LogP contribution is -2.45. The molecular weight excluding hydrogens is 637 g/mol. The van der Waals surface area contributed by atoms with E-state index in [1.165, 1.54) is 22.3 Å². The van der Waals surface area contributed by atoms with Crippen molar-refractivity contribution in [2.24, 2.45) is 4.99 Å². The lowest BCUT2D eigenvalue weighted by Gasteiger charge is -2.39. The van der Waals surface area contributed by atoms with Gasteiger partial charge in [0.05, 0.1) is 17.0 Å². The van der Waals surface area contributed by atoms with Crippen LogP contribution in [0.2, 0.25) is 0 Å². The summed E-state index contributed by atoms with van der Waals surface area (Å²) < 4.78 is 6.56. The second kappa shape index (κ2) is 11.9. The molecule has 1 aliphatic carbocycles. The van der Waals surface area contributed by atoms with Gasteiger partial charge in [-0.3, -0.25) is 5.32 Å². The maximum absolute atomic E-state index is 9.34. The third-order valence-corrected chi connectivity index (χ3v) is 10.7. The van der Waals surface area contributed by atoms with Crippen LogP contribution in [0, 0.1) is 11.3 Å². The normalized spacial score (nSPS) is 17.3. The Kier molecular flexibility index (Phi) is 6.92. The van der Waals surface area contributed by atoms with E-state index in [0.717, 1.165) is 56.3 Å². The Labute approximate surface area is 302 Å². The zero-order valence-electron chi connectivity index (χ0n) is 28.1. The lowest BCUT2D eigenvalue weighted by molar-refractivity contribution is 0.409. The van der Waals surface area contributed by atoms with Crippen molar-refractivity contribution in [3.05, 3.63) is 214 Å². The van der Waals surface area contributed by atoms with E-state index in [1.54, 1.807) is 0 Å². The molecule has 2 N–H and O–H groups in total. The molecule has 0 saturated heterocycles. The molecule has 2 aliphatic heterocycles. The number of nitriles is 1. The zero-order valence-corrected chi connectivity index (χ0v) is 28.1. The van der Waals surface area contributed by atoms with Gasteiger partial charge in [-0.2, -0.15) is 5.26 Å². The Morgan fingerprint density at radius 3 is 1.96 bits per heavy atom. The molecule has 52 heavy (non-hydrogen) atoms. The molecular formula is C47H32N4O. The van der Waals surface area contributed by atoms with Gasteiger partial charge < -0.3 is 10.1 Å². The fraction of sp³-hybridized carbons (Fsp3) is 0.0638. The average Bonchev–Trinajstić information content (AvgIpc) is 3.52. The summed E-state index contributed by atoms with van der Waals surface area (Å²) in [5.74, 6) is 2.56. The highest BCUT2D eigenvalue weighted by molar-refractivity contribution is 6.01. The fourth-order valence-electron chi connectivity index (χ4n) is 8.42. The Balaban J connectivity index is 1.17. The molecule has 7 aromatic carbocycles. The van der Waals surface area contributed by atoms with Gasteiger partial charge >= 0.3 is 0 Å². The van der Waals surface area contributed by atoms with Gasteiger partial charge in [0.25, 0.3) is 0 Å². The van der Waals surface area contributed by atoms with Gasteiger partial charge in [-0.05, 0) is 74.8 Å². The van der Waals surface area contributed by atoms with Crippen molar-refractivity contribution in [1.29, 1.82) is 5.26 Å². The maximum Gasteiger partial charge on any atom is 0.132 e. The van der Waals surface area contributed by atoms with E-state index < -0.39 is 5.41 Å². The highest BCUT2D eigenvalue weighted by atomic mass is 16.5. The van der Waals surface area contributed by atoms with Crippen molar-refractivity contribution in [1.82, 2.24) is 10.6 Å². The third kappa shape index (κ3) is 4.55. The molecule has 10 rings (SSSR count). The van der Waals surface area contributed by atoms with Crippen molar-refractivity contribution in [3.63, 3.8) is 0 Å². The number of ether oxygens (including phenoxy) is 1. The molecule has 0 aromatic heterocycles. The van der Waals surface area contributed by atoms with E-state index >= 15 is 0 Å². The monoisotopic (exact) mass is 668 g/mol. The highest BCUT2D eigenvalue weighted by Gasteiger charge is 2.51. The van der Waals surface area contributed by atoms with Crippen LogP contribution in [0.5, 0.6) is 11.5 Å². The summed E-state index contributed by atoms with van der Waals surface area (Å²) in [6.07, 6.45) is -0.549. The van der Waals surface area contributed by atoms with Gasteiger partial charge in [0, 0.05) is 16.7 Å². The minimum Gasteiger partial charge on any atom is -0.457 e. The van der Waals surface area contributed by atoms with Crippen LogP contribution in [0.1, 0.15) is 56.8 Å². The Morgan fingerprint density at radius 1 is 0.577 bits per heavy atom. The van der Waals surface area contributed by atoms with Gasteiger partial charge in [0.15, 0.2) is 0 Å². The first-order valence-corrected chi connectivity index (χ1v) is 17.6. The maximum atomic E-state index is 9.34. The molecule has 2 heterocycles. The number of para-hydroxylation sites is 2.